The molecule has 0 spiro atoms. The van der Waals surface area contributed by atoms with Gasteiger partial charge in [0.25, 0.3) is 6.43 Å². The quantitative estimate of drug-likeness (QED) is 0.534. The Morgan fingerprint density at radius 1 is 1.50 bits per heavy atom. The smallest absolute Gasteiger partial charge is 0.261 e. The molecule has 0 unspecified atom stereocenters. The van der Waals surface area contributed by atoms with Crippen molar-refractivity contribution >= 4 is 17.5 Å². The molecule has 0 fully saturated rings. The molecule has 0 aliphatic heterocycles. The zero-order valence-corrected chi connectivity index (χ0v) is 10.3. The van der Waals surface area contributed by atoms with E-state index in [1.165, 1.54) is 0 Å². The molecule has 0 bridgehead atoms. The first-order valence-corrected chi connectivity index (χ1v) is 5.59. The standard InChI is InChI=1S/C10H18ClF2NO2/c1-10(2,6-11)7-14-9(15)3-4-16-5-8(12)13/h8H,3-7H2,1-2H3,(H,14,15). The summed E-state index contributed by atoms with van der Waals surface area (Å²) in [4.78, 5) is 11.2. The van der Waals surface area contributed by atoms with Gasteiger partial charge in [0.1, 0.15) is 6.61 Å². The van der Waals surface area contributed by atoms with Crippen LogP contribution in [0, 0.1) is 5.41 Å². The number of nitrogens with one attached hydrogen (secondary N) is 1. The van der Waals surface area contributed by atoms with Crippen molar-refractivity contribution in [3.63, 3.8) is 0 Å². The van der Waals surface area contributed by atoms with Gasteiger partial charge in [0, 0.05) is 18.8 Å². The Hall–Kier alpha value is -0.420. The Bertz CT molecular complexity index is 213. The lowest BCUT2D eigenvalue weighted by Gasteiger charge is -2.21. The second-order valence-electron chi connectivity index (χ2n) is 4.29. The monoisotopic (exact) mass is 257 g/mol. The minimum atomic E-state index is -2.49. The average Bonchev–Trinajstić information content (AvgIpc) is 2.21. The van der Waals surface area contributed by atoms with Gasteiger partial charge in [-0.25, -0.2) is 8.78 Å². The predicted octanol–water partition coefficient (Wildman–Crippen LogP) is 2.04. The maximum Gasteiger partial charge on any atom is 0.261 e. The van der Waals surface area contributed by atoms with Crippen LogP contribution in [0.25, 0.3) is 0 Å². The van der Waals surface area contributed by atoms with Gasteiger partial charge >= 0.3 is 0 Å². The van der Waals surface area contributed by atoms with E-state index in [4.69, 9.17) is 11.6 Å². The average molecular weight is 258 g/mol. The lowest BCUT2D eigenvalue weighted by molar-refractivity contribution is -0.123. The zero-order chi connectivity index (χ0) is 12.6. The molecule has 0 aromatic rings. The summed E-state index contributed by atoms with van der Waals surface area (Å²) in [6, 6.07) is 0. The van der Waals surface area contributed by atoms with Crippen LogP contribution in [0.3, 0.4) is 0 Å². The van der Waals surface area contributed by atoms with Gasteiger partial charge in [0.15, 0.2) is 0 Å². The molecule has 1 amide bonds. The van der Waals surface area contributed by atoms with Gasteiger partial charge in [-0.05, 0) is 5.41 Å². The third kappa shape index (κ3) is 8.85. The SMILES string of the molecule is CC(C)(CCl)CNC(=O)CCOCC(F)F. The Labute approximate surface area is 99.5 Å². The van der Waals surface area contributed by atoms with Crippen LogP contribution in [0.4, 0.5) is 8.78 Å². The number of ether oxygens (including phenoxy) is 1. The summed E-state index contributed by atoms with van der Waals surface area (Å²) in [5, 5.41) is 2.67. The summed E-state index contributed by atoms with van der Waals surface area (Å²) in [6.07, 6.45) is -2.40. The van der Waals surface area contributed by atoms with Crippen LogP contribution in [-0.4, -0.2) is 38.0 Å². The fourth-order valence-electron chi connectivity index (χ4n) is 0.811. The number of alkyl halides is 3. The molecule has 0 saturated carbocycles. The molecular weight excluding hydrogens is 240 g/mol. The number of hydrogen-bond acceptors (Lipinski definition) is 2. The summed E-state index contributed by atoms with van der Waals surface area (Å²) in [5.74, 6) is 0.224. The summed E-state index contributed by atoms with van der Waals surface area (Å²) >= 11 is 5.68. The highest BCUT2D eigenvalue weighted by atomic mass is 35.5. The molecule has 1 N–H and O–H groups in total. The summed E-state index contributed by atoms with van der Waals surface area (Å²) in [7, 11) is 0. The minimum Gasteiger partial charge on any atom is -0.375 e. The van der Waals surface area contributed by atoms with E-state index in [-0.39, 0.29) is 24.3 Å². The van der Waals surface area contributed by atoms with Crippen LogP contribution in [0.15, 0.2) is 0 Å². The predicted molar refractivity (Wildman–Crippen MR) is 59.0 cm³/mol. The Morgan fingerprint density at radius 2 is 2.12 bits per heavy atom. The van der Waals surface area contributed by atoms with E-state index in [9.17, 15) is 13.6 Å². The third-order valence-electron chi connectivity index (χ3n) is 1.84. The summed E-state index contributed by atoms with van der Waals surface area (Å²) < 4.78 is 27.9. The molecule has 3 nitrogen and oxygen atoms in total. The van der Waals surface area contributed by atoms with Gasteiger partial charge in [-0.2, -0.15) is 0 Å². The largest absolute Gasteiger partial charge is 0.375 e. The maximum absolute atomic E-state index is 11.7. The second-order valence-corrected chi connectivity index (χ2v) is 4.56. The second kappa shape index (κ2) is 7.79. The molecule has 0 saturated heterocycles. The highest BCUT2D eigenvalue weighted by Crippen LogP contribution is 2.14. The molecular formula is C10H18ClF2NO2. The number of rotatable bonds is 8. The topological polar surface area (TPSA) is 38.3 Å². The van der Waals surface area contributed by atoms with E-state index in [0.29, 0.717) is 12.4 Å². The summed E-state index contributed by atoms with van der Waals surface area (Å²) in [5.41, 5.74) is -0.166. The molecule has 0 heterocycles. The van der Waals surface area contributed by atoms with E-state index >= 15 is 0 Å². The first-order chi connectivity index (χ1) is 7.37. The lowest BCUT2D eigenvalue weighted by Crippen LogP contribution is -2.35. The molecule has 6 heteroatoms. The zero-order valence-electron chi connectivity index (χ0n) is 9.56. The van der Waals surface area contributed by atoms with Crippen molar-refractivity contribution in [3.05, 3.63) is 0 Å². The van der Waals surface area contributed by atoms with Gasteiger partial charge in [-0.15, -0.1) is 11.6 Å². The Morgan fingerprint density at radius 3 is 2.62 bits per heavy atom. The number of carbonyl (C=O) groups excluding carboxylic acids is 1. The molecule has 96 valence electrons. The maximum atomic E-state index is 11.7. The molecule has 0 radical (unpaired) electrons. The van der Waals surface area contributed by atoms with E-state index < -0.39 is 13.0 Å². The van der Waals surface area contributed by atoms with Crippen LogP contribution in [0.1, 0.15) is 20.3 Å². The molecule has 0 aromatic heterocycles. The molecule has 16 heavy (non-hydrogen) atoms. The highest BCUT2D eigenvalue weighted by molar-refractivity contribution is 6.18. The molecule has 0 aliphatic rings. The first kappa shape index (κ1) is 15.6. The van der Waals surface area contributed by atoms with E-state index in [1.54, 1.807) is 0 Å². The van der Waals surface area contributed by atoms with Crippen molar-refractivity contribution in [2.75, 3.05) is 25.6 Å². The van der Waals surface area contributed by atoms with Crippen LogP contribution >= 0.6 is 11.6 Å². The molecule has 0 aromatic carbocycles. The van der Waals surface area contributed by atoms with Gasteiger partial charge in [-0.1, -0.05) is 13.8 Å². The number of amides is 1. The van der Waals surface area contributed by atoms with Crippen molar-refractivity contribution in [1.82, 2.24) is 5.32 Å². The minimum absolute atomic E-state index is 0.0114. The van der Waals surface area contributed by atoms with E-state index in [1.807, 2.05) is 13.8 Å². The first-order valence-electron chi connectivity index (χ1n) is 5.06. The number of halogens is 3. The van der Waals surface area contributed by atoms with Crippen molar-refractivity contribution < 1.29 is 18.3 Å². The van der Waals surface area contributed by atoms with E-state index in [2.05, 4.69) is 10.1 Å². The third-order valence-corrected chi connectivity index (χ3v) is 2.57. The van der Waals surface area contributed by atoms with Crippen LogP contribution in [0.5, 0.6) is 0 Å². The normalized spacial score (nSPS) is 11.9. The van der Waals surface area contributed by atoms with Crippen LogP contribution in [0.2, 0.25) is 0 Å². The fraction of sp³-hybridized carbons (Fsp3) is 0.900. The van der Waals surface area contributed by atoms with Crippen molar-refractivity contribution in [1.29, 1.82) is 0 Å². The van der Waals surface area contributed by atoms with Crippen molar-refractivity contribution in [2.45, 2.75) is 26.7 Å². The fourth-order valence-corrected chi connectivity index (χ4v) is 0.905. The van der Waals surface area contributed by atoms with Crippen LogP contribution < -0.4 is 5.32 Å². The lowest BCUT2D eigenvalue weighted by atomic mass is 9.96. The highest BCUT2D eigenvalue weighted by Gasteiger charge is 2.17. The van der Waals surface area contributed by atoms with Gasteiger partial charge < -0.3 is 10.1 Å². The van der Waals surface area contributed by atoms with Crippen LogP contribution in [-0.2, 0) is 9.53 Å². The van der Waals surface area contributed by atoms with Crippen molar-refractivity contribution in [2.24, 2.45) is 5.41 Å². The summed E-state index contributed by atoms with van der Waals surface area (Å²) in [6.45, 7) is 3.70. The van der Waals surface area contributed by atoms with Gasteiger partial charge in [0.2, 0.25) is 5.91 Å². The molecule has 0 atom stereocenters. The Balaban J connectivity index is 3.52. The van der Waals surface area contributed by atoms with Gasteiger partial charge in [-0.3, -0.25) is 4.79 Å². The van der Waals surface area contributed by atoms with E-state index in [0.717, 1.165) is 0 Å². The Kier molecular flexibility index (Phi) is 7.58. The van der Waals surface area contributed by atoms with Crippen molar-refractivity contribution in [3.8, 4) is 0 Å². The molecule has 0 rings (SSSR count). The number of hydrogen-bond donors (Lipinski definition) is 1. The number of carbonyl (C=O) groups is 1. The van der Waals surface area contributed by atoms with Gasteiger partial charge in [0.05, 0.1) is 6.61 Å². The molecule has 0 aliphatic carbocycles.